The van der Waals surface area contributed by atoms with Gasteiger partial charge in [-0.15, -0.1) is 0 Å². The number of aliphatic hydroxyl groups excluding tert-OH is 1. The van der Waals surface area contributed by atoms with Crippen LogP contribution in [0.5, 0.6) is 5.88 Å². The molecule has 0 bridgehead atoms. The van der Waals surface area contributed by atoms with E-state index >= 15 is 0 Å². The van der Waals surface area contributed by atoms with Gasteiger partial charge >= 0.3 is 0 Å². The zero-order valence-corrected chi connectivity index (χ0v) is 20.4. The van der Waals surface area contributed by atoms with Crippen LogP contribution in [0.25, 0.3) is 10.8 Å². The fraction of sp³-hybridized carbons (Fsp3) is 0.440. The van der Waals surface area contributed by atoms with Crippen LogP contribution in [-0.2, 0) is 6.54 Å². The SMILES string of the molecule is CCCCN(Cc1ccccc1)C(CO)CNc1nc(C)c(C)c2c(F)c(Cl)nc(OC)c12. The Morgan fingerprint density at radius 1 is 1.18 bits per heavy atom. The first-order valence-electron chi connectivity index (χ1n) is 11.2. The molecule has 0 aliphatic heterocycles. The van der Waals surface area contributed by atoms with Crippen molar-refractivity contribution >= 4 is 28.2 Å². The van der Waals surface area contributed by atoms with Crippen molar-refractivity contribution in [2.24, 2.45) is 0 Å². The third-order valence-electron chi connectivity index (χ3n) is 5.95. The van der Waals surface area contributed by atoms with Crippen molar-refractivity contribution in [2.45, 2.75) is 46.2 Å². The van der Waals surface area contributed by atoms with E-state index < -0.39 is 5.82 Å². The van der Waals surface area contributed by atoms with Gasteiger partial charge in [0.25, 0.3) is 0 Å². The molecule has 0 amide bonds. The van der Waals surface area contributed by atoms with Gasteiger partial charge in [0.2, 0.25) is 5.88 Å². The smallest absolute Gasteiger partial charge is 0.226 e. The van der Waals surface area contributed by atoms with E-state index in [9.17, 15) is 9.50 Å². The summed E-state index contributed by atoms with van der Waals surface area (Å²) in [6.07, 6.45) is 2.08. The molecule has 2 aromatic heterocycles. The molecule has 0 aliphatic carbocycles. The Kier molecular flexibility index (Phi) is 8.83. The first-order valence-corrected chi connectivity index (χ1v) is 11.6. The molecule has 2 heterocycles. The van der Waals surface area contributed by atoms with Crippen LogP contribution in [0, 0.1) is 19.7 Å². The van der Waals surface area contributed by atoms with Crippen LogP contribution in [0.4, 0.5) is 10.2 Å². The fourth-order valence-corrected chi connectivity index (χ4v) is 4.11. The standard InChI is InChI=1S/C25H32ClFN4O2/c1-5-6-12-31(14-18-10-8-7-9-11-18)19(15-32)13-28-24-21-20(16(2)17(3)29-24)22(27)23(26)30-25(21)33-4/h7-11,19,32H,5-6,12-15H2,1-4H3,(H,28,29). The summed E-state index contributed by atoms with van der Waals surface area (Å²) in [5.74, 6) is 0.0784. The number of anilines is 1. The molecular weight excluding hydrogens is 443 g/mol. The van der Waals surface area contributed by atoms with E-state index in [1.54, 1.807) is 6.92 Å². The number of aliphatic hydroxyl groups is 1. The van der Waals surface area contributed by atoms with Crippen molar-refractivity contribution in [3.8, 4) is 5.88 Å². The van der Waals surface area contributed by atoms with Gasteiger partial charge < -0.3 is 15.2 Å². The van der Waals surface area contributed by atoms with Gasteiger partial charge in [0.15, 0.2) is 11.0 Å². The normalized spacial score (nSPS) is 12.4. The molecule has 0 radical (unpaired) electrons. The number of nitrogens with one attached hydrogen (secondary N) is 1. The van der Waals surface area contributed by atoms with Crippen molar-refractivity contribution < 1.29 is 14.2 Å². The molecule has 1 atom stereocenters. The zero-order chi connectivity index (χ0) is 24.0. The van der Waals surface area contributed by atoms with E-state index in [0.717, 1.165) is 25.9 Å². The lowest BCUT2D eigenvalue weighted by Gasteiger charge is -2.31. The summed E-state index contributed by atoms with van der Waals surface area (Å²) < 4.78 is 20.4. The van der Waals surface area contributed by atoms with E-state index in [2.05, 4.69) is 39.2 Å². The van der Waals surface area contributed by atoms with Crippen molar-refractivity contribution in [3.63, 3.8) is 0 Å². The van der Waals surface area contributed by atoms with Crippen LogP contribution in [0.2, 0.25) is 5.15 Å². The fourth-order valence-electron chi connectivity index (χ4n) is 3.94. The third kappa shape index (κ3) is 5.72. The number of aryl methyl sites for hydroxylation is 2. The number of benzene rings is 1. The second-order valence-corrected chi connectivity index (χ2v) is 8.53. The number of halogens is 2. The summed E-state index contributed by atoms with van der Waals surface area (Å²) in [6.45, 7) is 7.76. The summed E-state index contributed by atoms with van der Waals surface area (Å²) in [5.41, 5.74) is 2.55. The van der Waals surface area contributed by atoms with Crippen LogP contribution < -0.4 is 10.1 Å². The molecule has 178 valence electrons. The second-order valence-electron chi connectivity index (χ2n) is 8.17. The Morgan fingerprint density at radius 3 is 2.55 bits per heavy atom. The van der Waals surface area contributed by atoms with Crippen LogP contribution in [0.1, 0.15) is 36.6 Å². The number of fused-ring (bicyclic) bond motifs is 1. The van der Waals surface area contributed by atoms with Gasteiger partial charge in [-0.1, -0.05) is 55.3 Å². The average molecular weight is 475 g/mol. The molecular formula is C25H32ClFN4O2. The second kappa shape index (κ2) is 11.6. The maximum absolute atomic E-state index is 15.0. The topological polar surface area (TPSA) is 70.5 Å². The largest absolute Gasteiger partial charge is 0.480 e. The summed E-state index contributed by atoms with van der Waals surface area (Å²) in [5, 5.41) is 14.1. The third-order valence-corrected chi connectivity index (χ3v) is 6.20. The summed E-state index contributed by atoms with van der Waals surface area (Å²) in [4.78, 5) is 11.0. The number of rotatable bonds is 11. The monoisotopic (exact) mass is 474 g/mol. The lowest BCUT2D eigenvalue weighted by molar-refractivity contribution is 0.122. The van der Waals surface area contributed by atoms with E-state index in [1.807, 2.05) is 25.1 Å². The summed E-state index contributed by atoms with van der Waals surface area (Å²) in [7, 11) is 1.47. The number of hydrogen-bond donors (Lipinski definition) is 2. The Labute approximate surface area is 199 Å². The van der Waals surface area contributed by atoms with E-state index in [4.69, 9.17) is 16.3 Å². The molecule has 1 aromatic carbocycles. The van der Waals surface area contributed by atoms with Crippen LogP contribution in [0.15, 0.2) is 30.3 Å². The molecule has 0 saturated heterocycles. The first-order chi connectivity index (χ1) is 15.9. The minimum Gasteiger partial charge on any atom is -0.480 e. The van der Waals surface area contributed by atoms with Gasteiger partial charge in [0.1, 0.15) is 5.82 Å². The lowest BCUT2D eigenvalue weighted by Crippen LogP contribution is -2.43. The molecule has 0 fully saturated rings. The Hall–Kier alpha value is -2.48. The highest BCUT2D eigenvalue weighted by atomic mass is 35.5. The van der Waals surface area contributed by atoms with Crippen molar-refractivity contribution in [3.05, 3.63) is 58.1 Å². The predicted molar refractivity (Wildman–Crippen MR) is 132 cm³/mol. The number of ether oxygens (including phenoxy) is 1. The Balaban J connectivity index is 1.93. The maximum Gasteiger partial charge on any atom is 0.226 e. The van der Waals surface area contributed by atoms with Crippen LogP contribution in [-0.4, -0.2) is 52.8 Å². The number of hydrogen-bond acceptors (Lipinski definition) is 6. The number of unbranched alkanes of at least 4 members (excludes halogenated alkanes) is 1. The van der Waals surface area contributed by atoms with Gasteiger partial charge in [-0.3, -0.25) is 4.90 Å². The summed E-state index contributed by atoms with van der Waals surface area (Å²) in [6, 6.07) is 10.0. The van der Waals surface area contributed by atoms with Gasteiger partial charge in [0.05, 0.1) is 25.1 Å². The summed E-state index contributed by atoms with van der Waals surface area (Å²) >= 11 is 6.02. The maximum atomic E-state index is 15.0. The van der Waals surface area contributed by atoms with E-state index in [1.165, 1.54) is 12.7 Å². The highest BCUT2D eigenvalue weighted by Crippen LogP contribution is 2.37. The molecule has 0 saturated carbocycles. The molecule has 33 heavy (non-hydrogen) atoms. The minimum absolute atomic E-state index is 0.0259. The molecule has 3 rings (SSSR count). The number of nitrogens with zero attached hydrogens (tertiary/aromatic N) is 3. The molecule has 8 heteroatoms. The molecule has 2 N–H and O–H groups in total. The molecule has 0 spiro atoms. The quantitative estimate of drug-likeness (QED) is 0.376. The molecule has 3 aromatic rings. The van der Waals surface area contributed by atoms with Crippen molar-refractivity contribution in [2.75, 3.05) is 32.1 Å². The van der Waals surface area contributed by atoms with Gasteiger partial charge in [-0.05, 0) is 37.9 Å². The van der Waals surface area contributed by atoms with E-state index in [-0.39, 0.29) is 23.7 Å². The van der Waals surface area contributed by atoms with Crippen LogP contribution >= 0.6 is 11.6 Å². The number of methoxy groups -OCH3 is 1. The molecule has 1 unspecified atom stereocenters. The highest BCUT2D eigenvalue weighted by Gasteiger charge is 2.23. The number of pyridine rings is 2. The molecule has 6 nitrogen and oxygen atoms in total. The van der Waals surface area contributed by atoms with Gasteiger partial charge in [-0.2, -0.15) is 4.98 Å². The average Bonchev–Trinajstić information content (AvgIpc) is 2.82. The Morgan fingerprint density at radius 2 is 1.91 bits per heavy atom. The van der Waals surface area contributed by atoms with Gasteiger partial charge in [-0.25, -0.2) is 9.37 Å². The minimum atomic E-state index is -0.592. The predicted octanol–water partition coefficient (Wildman–Crippen LogP) is 5.12. The van der Waals surface area contributed by atoms with Crippen LogP contribution in [0.3, 0.4) is 0 Å². The van der Waals surface area contributed by atoms with E-state index in [0.29, 0.717) is 34.4 Å². The highest BCUT2D eigenvalue weighted by molar-refractivity contribution is 6.30. The molecule has 0 aliphatic rings. The Bertz CT molecular complexity index is 1070. The zero-order valence-electron chi connectivity index (χ0n) is 19.7. The lowest BCUT2D eigenvalue weighted by atomic mass is 10.1. The van der Waals surface area contributed by atoms with Crippen molar-refractivity contribution in [1.29, 1.82) is 0 Å². The number of aromatic nitrogens is 2. The van der Waals surface area contributed by atoms with Crippen molar-refractivity contribution in [1.82, 2.24) is 14.9 Å². The van der Waals surface area contributed by atoms with Gasteiger partial charge in [0, 0.05) is 24.2 Å². The first kappa shape index (κ1) is 25.1.